The fourth-order valence-electron chi connectivity index (χ4n) is 2.88. The molecule has 28 heavy (non-hydrogen) atoms. The summed E-state index contributed by atoms with van der Waals surface area (Å²) in [5.74, 6) is -3.39. The van der Waals surface area contributed by atoms with Gasteiger partial charge in [-0.05, 0) is 11.6 Å². The zero-order valence-corrected chi connectivity index (χ0v) is 15.6. The number of amides is 1. The maximum atomic E-state index is 13.4. The summed E-state index contributed by atoms with van der Waals surface area (Å²) in [6.45, 7) is 0.669. The van der Waals surface area contributed by atoms with Crippen molar-refractivity contribution in [1.29, 1.82) is 0 Å². The van der Waals surface area contributed by atoms with E-state index in [2.05, 4.69) is 10.3 Å². The van der Waals surface area contributed by atoms with Gasteiger partial charge < -0.3 is 9.88 Å². The molecule has 148 valence electrons. The van der Waals surface area contributed by atoms with Gasteiger partial charge in [0.05, 0.1) is 6.33 Å². The average Bonchev–Trinajstić information content (AvgIpc) is 3.06. The molecule has 0 radical (unpaired) electrons. The van der Waals surface area contributed by atoms with Gasteiger partial charge in [0.1, 0.15) is 6.54 Å². The number of nitrogens with one attached hydrogen (secondary N) is 1. The van der Waals surface area contributed by atoms with Gasteiger partial charge in [0.2, 0.25) is 5.91 Å². The molecule has 0 aliphatic carbocycles. The molecule has 3 aromatic rings. The Morgan fingerprint density at radius 3 is 2.61 bits per heavy atom. The average molecular weight is 391 g/mol. The first-order valence-corrected chi connectivity index (χ1v) is 8.44. The van der Waals surface area contributed by atoms with Crippen molar-refractivity contribution >= 4 is 17.1 Å². The zero-order chi connectivity index (χ0) is 20.6. The molecule has 0 saturated carbocycles. The number of halogens is 2. The van der Waals surface area contributed by atoms with E-state index in [4.69, 9.17) is 0 Å². The smallest absolute Gasteiger partial charge is 0.332 e. The van der Waals surface area contributed by atoms with Gasteiger partial charge in [0.15, 0.2) is 11.2 Å². The van der Waals surface area contributed by atoms with Crippen molar-refractivity contribution in [2.75, 3.05) is 0 Å². The summed E-state index contributed by atoms with van der Waals surface area (Å²) in [5, 5.41) is 2.63. The standard InChI is InChI=1S/C18H19F2N5O3/c1-18(19,20)12-6-4-5-11(7-12)8-21-13(26)9-25-10-22-15-14(25)16(27)24(3)17(28)23(15)2/h4-7,10H,8-9H2,1-3H3,(H,21,26). The normalized spacial score (nSPS) is 11.8. The summed E-state index contributed by atoms with van der Waals surface area (Å²) in [5.41, 5.74) is -0.363. The van der Waals surface area contributed by atoms with Crippen LogP contribution in [0.1, 0.15) is 18.1 Å². The first-order chi connectivity index (χ1) is 13.1. The molecule has 0 aliphatic heterocycles. The van der Waals surface area contributed by atoms with E-state index in [1.54, 1.807) is 6.07 Å². The second-order valence-corrected chi connectivity index (χ2v) is 6.62. The molecule has 3 rings (SSSR count). The summed E-state index contributed by atoms with van der Waals surface area (Å²) in [7, 11) is 2.83. The highest BCUT2D eigenvalue weighted by atomic mass is 19.3. The number of rotatable bonds is 5. The Morgan fingerprint density at radius 2 is 1.93 bits per heavy atom. The Morgan fingerprint density at radius 1 is 1.21 bits per heavy atom. The van der Waals surface area contributed by atoms with Crippen molar-refractivity contribution in [3.8, 4) is 0 Å². The van der Waals surface area contributed by atoms with Crippen LogP contribution in [0.4, 0.5) is 8.78 Å². The first-order valence-electron chi connectivity index (χ1n) is 8.44. The molecule has 1 amide bonds. The Bertz CT molecular complexity index is 1170. The molecular formula is C18H19F2N5O3. The van der Waals surface area contributed by atoms with Gasteiger partial charge >= 0.3 is 5.69 Å². The lowest BCUT2D eigenvalue weighted by atomic mass is 10.1. The van der Waals surface area contributed by atoms with Gasteiger partial charge in [0, 0.05) is 33.1 Å². The van der Waals surface area contributed by atoms with Crippen LogP contribution in [-0.2, 0) is 37.9 Å². The number of nitrogens with zero attached hydrogens (tertiary/aromatic N) is 4. The highest BCUT2D eigenvalue weighted by Crippen LogP contribution is 2.27. The summed E-state index contributed by atoms with van der Waals surface area (Å²) >= 11 is 0. The van der Waals surface area contributed by atoms with Crippen LogP contribution in [-0.4, -0.2) is 24.6 Å². The van der Waals surface area contributed by atoms with E-state index in [9.17, 15) is 23.2 Å². The molecule has 2 aromatic heterocycles. The first kappa shape index (κ1) is 19.5. The van der Waals surface area contributed by atoms with Crippen molar-refractivity contribution in [2.24, 2.45) is 14.1 Å². The fraction of sp³-hybridized carbons (Fsp3) is 0.333. The van der Waals surface area contributed by atoms with Crippen LogP contribution < -0.4 is 16.6 Å². The Hall–Kier alpha value is -3.30. The zero-order valence-electron chi connectivity index (χ0n) is 15.6. The van der Waals surface area contributed by atoms with Crippen molar-refractivity contribution in [3.05, 3.63) is 62.6 Å². The molecule has 0 saturated heterocycles. The van der Waals surface area contributed by atoms with Crippen LogP contribution in [0.5, 0.6) is 0 Å². The Kier molecular flexibility index (Phi) is 4.88. The van der Waals surface area contributed by atoms with E-state index in [-0.39, 0.29) is 29.8 Å². The van der Waals surface area contributed by atoms with E-state index in [0.717, 1.165) is 11.5 Å². The highest BCUT2D eigenvalue weighted by molar-refractivity contribution is 5.78. The van der Waals surface area contributed by atoms with Gasteiger partial charge in [-0.25, -0.2) is 18.6 Å². The second kappa shape index (κ2) is 7.02. The number of fused-ring (bicyclic) bond motifs is 1. The number of carbonyl (C=O) groups excluding carboxylic acids is 1. The van der Waals surface area contributed by atoms with E-state index in [1.807, 2.05) is 0 Å². The molecule has 0 bridgehead atoms. The Balaban J connectivity index is 1.78. The van der Waals surface area contributed by atoms with Crippen LogP contribution in [0, 0.1) is 0 Å². The van der Waals surface area contributed by atoms with Gasteiger partial charge in [-0.2, -0.15) is 0 Å². The number of benzene rings is 1. The van der Waals surface area contributed by atoms with Crippen LogP contribution in [0.2, 0.25) is 0 Å². The van der Waals surface area contributed by atoms with Crippen molar-refractivity contribution in [1.82, 2.24) is 24.0 Å². The second-order valence-electron chi connectivity index (χ2n) is 6.62. The third kappa shape index (κ3) is 3.57. The van der Waals surface area contributed by atoms with Crippen LogP contribution in [0.15, 0.2) is 40.2 Å². The fourth-order valence-corrected chi connectivity index (χ4v) is 2.88. The highest BCUT2D eigenvalue weighted by Gasteiger charge is 2.24. The number of imidazole rings is 1. The monoisotopic (exact) mass is 391 g/mol. The number of alkyl halides is 2. The number of hydrogen-bond donors (Lipinski definition) is 1. The molecule has 8 nitrogen and oxygen atoms in total. The van der Waals surface area contributed by atoms with Crippen molar-refractivity contribution in [2.45, 2.75) is 25.9 Å². The quantitative estimate of drug-likeness (QED) is 0.699. The molecule has 0 atom stereocenters. The molecule has 10 heteroatoms. The number of aromatic nitrogens is 4. The molecule has 1 aromatic carbocycles. The van der Waals surface area contributed by atoms with Crippen molar-refractivity contribution < 1.29 is 13.6 Å². The summed E-state index contributed by atoms with van der Waals surface area (Å²) in [6, 6.07) is 5.79. The molecule has 1 N–H and O–H groups in total. The van der Waals surface area contributed by atoms with Gasteiger partial charge in [-0.1, -0.05) is 18.2 Å². The predicted octanol–water partition coefficient (Wildman–Crippen LogP) is 0.862. The number of aryl methyl sites for hydroxylation is 1. The van der Waals surface area contributed by atoms with Gasteiger partial charge in [-0.15, -0.1) is 0 Å². The predicted molar refractivity (Wildman–Crippen MR) is 98.1 cm³/mol. The maximum absolute atomic E-state index is 13.4. The van der Waals surface area contributed by atoms with E-state index < -0.39 is 23.1 Å². The van der Waals surface area contributed by atoms with Crippen molar-refractivity contribution in [3.63, 3.8) is 0 Å². The number of carbonyl (C=O) groups is 1. The minimum Gasteiger partial charge on any atom is -0.350 e. The topological polar surface area (TPSA) is 90.9 Å². The van der Waals surface area contributed by atoms with Crippen LogP contribution >= 0.6 is 0 Å². The molecule has 0 unspecified atom stereocenters. The lowest BCUT2D eigenvalue weighted by Crippen LogP contribution is -2.38. The SMILES string of the molecule is Cn1c(=O)c2c(ncn2CC(=O)NCc2cccc(C(C)(F)F)c2)n(C)c1=O. The third-order valence-corrected chi connectivity index (χ3v) is 4.45. The van der Waals surface area contributed by atoms with E-state index in [1.165, 1.54) is 47.8 Å². The van der Waals surface area contributed by atoms with Crippen LogP contribution in [0.25, 0.3) is 11.2 Å². The third-order valence-electron chi connectivity index (χ3n) is 4.45. The molecule has 0 aliphatic rings. The summed E-state index contributed by atoms with van der Waals surface area (Å²) < 4.78 is 30.3. The minimum absolute atomic E-state index is 0.0614. The minimum atomic E-state index is -2.97. The lowest BCUT2D eigenvalue weighted by molar-refractivity contribution is -0.121. The van der Waals surface area contributed by atoms with Gasteiger partial charge in [-0.3, -0.25) is 18.7 Å². The lowest BCUT2D eigenvalue weighted by Gasteiger charge is -2.12. The van der Waals surface area contributed by atoms with E-state index in [0.29, 0.717) is 5.56 Å². The molecular weight excluding hydrogens is 372 g/mol. The Labute approximate surface area is 158 Å². The van der Waals surface area contributed by atoms with E-state index >= 15 is 0 Å². The number of hydrogen-bond acceptors (Lipinski definition) is 4. The molecule has 0 spiro atoms. The summed E-state index contributed by atoms with van der Waals surface area (Å²) in [6.07, 6.45) is 1.31. The molecule has 2 heterocycles. The van der Waals surface area contributed by atoms with Gasteiger partial charge in [0.25, 0.3) is 11.5 Å². The largest absolute Gasteiger partial charge is 0.350 e. The maximum Gasteiger partial charge on any atom is 0.332 e. The molecule has 0 fully saturated rings. The summed E-state index contributed by atoms with van der Waals surface area (Å²) in [4.78, 5) is 40.6. The van der Waals surface area contributed by atoms with Crippen LogP contribution in [0.3, 0.4) is 0 Å².